The molecule has 0 atom stereocenters. The minimum atomic E-state index is -1.09. The number of aromatic nitrogens is 1. The van der Waals surface area contributed by atoms with Gasteiger partial charge in [-0.3, -0.25) is 0 Å². The van der Waals surface area contributed by atoms with Gasteiger partial charge in [-0.2, -0.15) is 0 Å². The van der Waals surface area contributed by atoms with Crippen LogP contribution >= 0.6 is 11.6 Å². The van der Waals surface area contributed by atoms with E-state index < -0.39 is 11.5 Å². The van der Waals surface area contributed by atoms with Crippen molar-refractivity contribution in [1.29, 1.82) is 0 Å². The van der Waals surface area contributed by atoms with Gasteiger partial charge in [-0.1, -0.05) is 30.9 Å². The normalized spacial score (nSPS) is 18.0. The van der Waals surface area contributed by atoms with Crippen molar-refractivity contribution >= 4 is 23.4 Å². The highest BCUT2D eigenvalue weighted by molar-refractivity contribution is 6.33. The van der Waals surface area contributed by atoms with Crippen LogP contribution in [0.1, 0.15) is 42.5 Å². The lowest BCUT2D eigenvalue weighted by molar-refractivity contribution is 0.0697. The number of anilines is 1. The van der Waals surface area contributed by atoms with Crippen molar-refractivity contribution in [2.75, 3.05) is 11.9 Å². The van der Waals surface area contributed by atoms with E-state index in [0.717, 1.165) is 32.1 Å². The first-order valence-corrected chi connectivity index (χ1v) is 6.72. The van der Waals surface area contributed by atoms with Gasteiger partial charge in [0.05, 0.1) is 22.7 Å². The number of carbonyl (C=O) groups is 1. The molecule has 5 nitrogen and oxygen atoms in total. The summed E-state index contributed by atoms with van der Waals surface area (Å²) in [5, 5.41) is 21.9. The van der Waals surface area contributed by atoms with E-state index in [-0.39, 0.29) is 17.2 Å². The number of nitrogens with one attached hydrogen (secondary N) is 1. The van der Waals surface area contributed by atoms with E-state index in [1.807, 2.05) is 0 Å². The van der Waals surface area contributed by atoms with Gasteiger partial charge in [-0.25, -0.2) is 9.78 Å². The van der Waals surface area contributed by atoms with E-state index in [9.17, 15) is 9.90 Å². The second-order valence-corrected chi connectivity index (χ2v) is 5.39. The molecule has 6 heteroatoms. The molecule has 1 fully saturated rings. The topological polar surface area (TPSA) is 82.5 Å². The van der Waals surface area contributed by atoms with Crippen molar-refractivity contribution < 1.29 is 15.0 Å². The summed E-state index contributed by atoms with van der Waals surface area (Å²) in [5.74, 6) is -0.644. The fourth-order valence-corrected chi connectivity index (χ4v) is 2.68. The van der Waals surface area contributed by atoms with Crippen molar-refractivity contribution in [2.24, 2.45) is 0 Å². The Morgan fingerprint density at radius 3 is 2.68 bits per heavy atom. The van der Waals surface area contributed by atoms with Gasteiger partial charge in [0.25, 0.3) is 0 Å². The third kappa shape index (κ3) is 3.16. The lowest BCUT2D eigenvalue weighted by Gasteiger charge is -2.37. The molecule has 0 bridgehead atoms. The summed E-state index contributed by atoms with van der Waals surface area (Å²) < 4.78 is 0. The predicted molar refractivity (Wildman–Crippen MR) is 72.7 cm³/mol. The van der Waals surface area contributed by atoms with Crippen LogP contribution < -0.4 is 5.32 Å². The van der Waals surface area contributed by atoms with Crippen molar-refractivity contribution in [1.82, 2.24) is 4.98 Å². The first kappa shape index (κ1) is 14.1. The molecule has 1 aromatic rings. The molecule has 0 radical (unpaired) electrons. The SMILES string of the molecule is O=C(O)c1cc(NC2(CO)CCCCC2)ncc1Cl. The predicted octanol–water partition coefficient (Wildman–Crippen LogP) is 2.54. The molecular weight excluding hydrogens is 268 g/mol. The van der Waals surface area contributed by atoms with Crippen molar-refractivity contribution in [3.8, 4) is 0 Å². The van der Waals surface area contributed by atoms with Crippen LogP contribution in [0, 0.1) is 0 Å². The van der Waals surface area contributed by atoms with Gasteiger partial charge in [0.2, 0.25) is 0 Å². The molecule has 0 saturated heterocycles. The monoisotopic (exact) mass is 284 g/mol. The number of hydrogen-bond donors (Lipinski definition) is 3. The average Bonchev–Trinajstić information content (AvgIpc) is 2.42. The lowest BCUT2D eigenvalue weighted by atomic mass is 9.82. The van der Waals surface area contributed by atoms with E-state index in [0.29, 0.717) is 5.82 Å². The quantitative estimate of drug-likeness (QED) is 0.791. The van der Waals surface area contributed by atoms with Gasteiger partial charge in [-0.15, -0.1) is 0 Å². The Bertz CT molecular complexity index is 473. The molecule has 3 N–H and O–H groups in total. The standard InChI is InChI=1S/C13H17ClN2O3/c14-10-7-15-11(6-9(10)12(18)19)16-13(8-17)4-2-1-3-5-13/h6-7,17H,1-5,8H2,(H,15,16)(H,18,19). The average molecular weight is 285 g/mol. The number of nitrogens with zero attached hydrogens (tertiary/aromatic N) is 1. The first-order valence-electron chi connectivity index (χ1n) is 6.34. The van der Waals surface area contributed by atoms with Crippen LogP contribution in [-0.2, 0) is 0 Å². The van der Waals surface area contributed by atoms with E-state index >= 15 is 0 Å². The summed E-state index contributed by atoms with van der Waals surface area (Å²) >= 11 is 5.78. The van der Waals surface area contributed by atoms with Crippen LogP contribution in [-0.4, -0.2) is 33.3 Å². The zero-order valence-electron chi connectivity index (χ0n) is 10.5. The molecule has 1 aromatic heterocycles. The van der Waals surface area contributed by atoms with Gasteiger partial charge in [-0.05, 0) is 18.9 Å². The highest BCUT2D eigenvalue weighted by Gasteiger charge is 2.31. The third-order valence-corrected chi connectivity index (χ3v) is 3.89. The Balaban J connectivity index is 2.22. The fraction of sp³-hybridized carbons (Fsp3) is 0.538. The Hall–Kier alpha value is -1.33. The highest BCUT2D eigenvalue weighted by atomic mass is 35.5. The number of halogens is 1. The van der Waals surface area contributed by atoms with Crippen LogP contribution in [0.15, 0.2) is 12.3 Å². The van der Waals surface area contributed by atoms with Crippen LogP contribution in [0.4, 0.5) is 5.82 Å². The molecule has 1 aliphatic rings. The van der Waals surface area contributed by atoms with Gasteiger partial charge in [0, 0.05) is 6.20 Å². The van der Waals surface area contributed by atoms with Crippen molar-refractivity contribution in [3.05, 3.63) is 22.8 Å². The van der Waals surface area contributed by atoms with Crippen LogP contribution in [0.2, 0.25) is 5.02 Å². The third-order valence-electron chi connectivity index (χ3n) is 3.59. The maximum atomic E-state index is 11.0. The molecule has 104 valence electrons. The number of rotatable bonds is 4. The number of pyridine rings is 1. The van der Waals surface area contributed by atoms with E-state index in [2.05, 4.69) is 10.3 Å². The second kappa shape index (κ2) is 5.75. The number of carboxylic acids is 1. The Labute approximate surface area is 116 Å². The summed E-state index contributed by atoms with van der Waals surface area (Å²) in [4.78, 5) is 15.1. The molecule has 1 heterocycles. The molecule has 19 heavy (non-hydrogen) atoms. The molecule has 0 spiro atoms. The maximum absolute atomic E-state index is 11.0. The Morgan fingerprint density at radius 1 is 1.42 bits per heavy atom. The van der Waals surface area contributed by atoms with Gasteiger partial charge in [0.15, 0.2) is 0 Å². The largest absolute Gasteiger partial charge is 0.478 e. The number of aromatic carboxylic acids is 1. The van der Waals surface area contributed by atoms with Crippen LogP contribution in [0.25, 0.3) is 0 Å². The molecule has 0 unspecified atom stereocenters. The zero-order chi connectivity index (χ0) is 13.9. The molecule has 0 amide bonds. The van der Waals surface area contributed by atoms with Crippen molar-refractivity contribution in [3.63, 3.8) is 0 Å². The van der Waals surface area contributed by atoms with Gasteiger partial charge in [0.1, 0.15) is 5.82 Å². The number of aliphatic hydroxyl groups excluding tert-OH is 1. The van der Waals surface area contributed by atoms with E-state index in [1.165, 1.54) is 12.3 Å². The summed E-state index contributed by atoms with van der Waals surface area (Å²) in [6.07, 6.45) is 6.30. The summed E-state index contributed by atoms with van der Waals surface area (Å²) in [5.41, 5.74) is -0.377. The Morgan fingerprint density at radius 2 is 2.11 bits per heavy atom. The highest BCUT2D eigenvalue weighted by Crippen LogP contribution is 2.31. The van der Waals surface area contributed by atoms with Crippen LogP contribution in [0.5, 0.6) is 0 Å². The maximum Gasteiger partial charge on any atom is 0.337 e. The number of aliphatic hydroxyl groups is 1. The van der Waals surface area contributed by atoms with Crippen molar-refractivity contribution in [2.45, 2.75) is 37.6 Å². The lowest BCUT2D eigenvalue weighted by Crippen LogP contribution is -2.44. The number of carboxylic acid groups (broad SMARTS) is 1. The minimum Gasteiger partial charge on any atom is -0.478 e. The first-order chi connectivity index (χ1) is 9.06. The zero-order valence-corrected chi connectivity index (χ0v) is 11.3. The van der Waals surface area contributed by atoms with Gasteiger partial charge < -0.3 is 15.5 Å². The van der Waals surface area contributed by atoms with Gasteiger partial charge >= 0.3 is 5.97 Å². The van der Waals surface area contributed by atoms with E-state index in [1.54, 1.807) is 0 Å². The summed E-state index contributed by atoms with van der Waals surface area (Å²) in [6.45, 7) is 0.0136. The minimum absolute atomic E-state index is 0.0136. The van der Waals surface area contributed by atoms with Crippen LogP contribution in [0.3, 0.4) is 0 Å². The van der Waals surface area contributed by atoms with E-state index in [4.69, 9.17) is 16.7 Å². The smallest absolute Gasteiger partial charge is 0.337 e. The number of hydrogen-bond acceptors (Lipinski definition) is 4. The summed E-state index contributed by atoms with van der Waals surface area (Å²) in [7, 11) is 0. The second-order valence-electron chi connectivity index (χ2n) is 4.98. The summed E-state index contributed by atoms with van der Waals surface area (Å²) in [6, 6.07) is 1.41. The Kier molecular flexibility index (Phi) is 4.27. The molecule has 2 rings (SSSR count). The molecule has 0 aromatic carbocycles. The fourth-order valence-electron chi connectivity index (χ4n) is 2.49. The molecule has 0 aliphatic heterocycles. The molecule has 1 aliphatic carbocycles. The molecule has 1 saturated carbocycles. The molecular formula is C13H17ClN2O3.